The lowest BCUT2D eigenvalue weighted by atomic mass is 10.1. The highest BCUT2D eigenvalue weighted by molar-refractivity contribution is 5.99. The molecule has 6 nitrogen and oxygen atoms in total. The summed E-state index contributed by atoms with van der Waals surface area (Å²) in [5.41, 5.74) is 3.36. The quantitative estimate of drug-likeness (QED) is 0.775. The highest BCUT2D eigenvalue weighted by Crippen LogP contribution is 2.20. The van der Waals surface area contributed by atoms with Gasteiger partial charge in [-0.25, -0.2) is 9.67 Å². The number of amides is 1. The van der Waals surface area contributed by atoms with Crippen LogP contribution in [-0.4, -0.2) is 25.7 Å². The minimum absolute atomic E-state index is 0.146. The van der Waals surface area contributed by atoms with Crippen molar-refractivity contribution in [1.82, 2.24) is 25.1 Å². The molecule has 1 amide bonds. The number of nitrogens with one attached hydrogen (secondary N) is 1. The van der Waals surface area contributed by atoms with E-state index in [9.17, 15) is 4.79 Å². The van der Waals surface area contributed by atoms with Gasteiger partial charge in [-0.2, -0.15) is 5.10 Å². The summed E-state index contributed by atoms with van der Waals surface area (Å²) in [4.78, 5) is 21.7. The normalized spacial score (nSPS) is 12.3. The van der Waals surface area contributed by atoms with Crippen LogP contribution in [0.2, 0.25) is 0 Å². The van der Waals surface area contributed by atoms with Crippen LogP contribution >= 0.6 is 0 Å². The number of hydrogen-bond donors (Lipinski definition) is 1. The van der Waals surface area contributed by atoms with Crippen molar-refractivity contribution in [2.24, 2.45) is 0 Å². The van der Waals surface area contributed by atoms with E-state index in [1.165, 1.54) is 6.33 Å². The molecule has 0 radical (unpaired) electrons. The summed E-state index contributed by atoms with van der Waals surface area (Å²) in [6, 6.07) is 7.66. The third-order valence-corrected chi connectivity index (χ3v) is 4.30. The molecule has 1 N–H and O–H groups in total. The number of pyridine rings is 1. The topological polar surface area (TPSA) is 72.7 Å². The zero-order chi connectivity index (χ0) is 18.0. The van der Waals surface area contributed by atoms with Gasteiger partial charge in [-0.05, 0) is 38.8 Å². The fraction of sp³-hybridized carbons (Fsp3) is 0.368. The fourth-order valence-electron chi connectivity index (χ4n) is 3.00. The van der Waals surface area contributed by atoms with E-state index in [2.05, 4.69) is 27.3 Å². The van der Waals surface area contributed by atoms with Gasteiger partial charge < -0.3 is 5.32 Å². The highest BCUT2D eigenvalue weighted by Gasteiger charge is 2.18. The van der Waals surface area contributed by atoms with Crippen molar-refractivity contribution in [3.8, 4) is 0 Å². The van der Waals surface area contributed by atoms with Crippen LogP contribution in [0.3, 0.4) is 0 Å². The second-order valence-corrected chi connectivity index (χ2v) is 6.30. The van der Waals surface area contributed by atoms with Crippen LogP contribution in [0.5, 0.6) is 0 Å². The van der Waals surface area contributed by atoms with Gasteiger partial charge in [0.15, 0.2) is 0 Å². The first kappa shape index (κ1) is 17.1. The van der Waals surface area contributed by atoms with Gasteiger partial charge >= 0.3 is 0 Å². The summed E-state index contributed by atoms with van der Waals surface area (Å²) in [6.07, 6.45) is 2.49. The molecule has 2 heterocycles. The molecule has 3 aromatic rings. The summed E-state index contributed by atoms with van der Waals surface area (Å²) in [6.45, 7) is 8.68. The van der Waals surface area contributed by atoms with Gasteiger partial charge in [0, 0.05) is 11.9 Å². The summed E-state index contributed by atoms with van der Waals surface area (Å²) >= 11 is 0. The van der Waals surface area contributed by atoms with Gasteiger partial charge in [0.25, 0.3) is 5.91 Å². The monoisotopic (exact) mass is 337 g/mol. The predicted molar refractivity (Wildman–Crippen MR) is 97.4 cm³/mol. The van der Waals surface area contributed by atoms with Gasteiger partial charge in [0.2, 0.25) is 0 Å². The number of nitrogens with zero attached hydrogens (tertiary/aromatic N) is 4. The maximum Gasteiger partial charge on any atom is 0.253 e. The number of benzene rings is 1. The van der Waals surface area contributed by atoms with Crippen molar-refractivity contribution >= 4 is 16.8 Å². The van der Waals surface area contributed by atoms with Crippen LogP contribution in [0.4, 0.5) is 0 Å². The number of carbonyl (C=O) groups is 1. The first-order chi connectivity index (χ1) is 12.0. The van der Waals surface area contributed by atoms with E-state index in [1.54, 1.807) is 0 Å². The van der Waals surface area contributed by atoms with Crippen LogP contribution in [-0.2, 0) is 6.54 Å². The molecule has 0 aliphatic rings. The lowest BCUT2D eigenvalue weighted by Gasteiger charge is -2.15. The molecule has 0 fully saturated rings. The maximum absolute atomic E-state index is 12.8. The van der Waals surface area contributed by atoms with Crippen molar-refractivity contribution in [2.75, 3.05) is 0 Å². The van der Waals surface area contributed by atoms with Crippen LogP contribution in [0, 0.1) is 13.8 Å². The minimum Gasteiger partial charge on any atom is -0.342 e. The number of fused-ring (bicyclic) bond motifs is 1. The molecule has 3 rings (SSSR count). The molecule has 6 heteroatoms. The highest BCUT2D eigenvalue weighted by atomic mass is 16.1. The van der Waals surface area contributed by atoms with Crippen LogP contribution in [0.1, 0.15) is 53.7 Å². The molecule has 1 aromatic carbocycles. The zero-order valence-corrected chi connectivity index (χ0v) is 15.1. The molecule has 2 aromatic heterocycles. The second-order valence-electron chi connectivity index (χ2n) is 6.30. The average molecular weight is 337 g/mol. The summed E-state index contributed by atoms with van der Waals surface area (Å²) in [5.74, 6) is 0.615. The fourth-order valence-corrected chi connectivity index (χ4v) is 3.00. The summed E-state index contributed by atoms with van der Waals surface area (Å²) in [5, 5.41) is 8.20. The number of carbonyl (C=O) groups excluding carboxylic acids is 1. The van der Waals surface area contributed by atoms with Crippen molar-refractivity contribution in [3.63, 3.8) is 0 Å². The van der Waals surface area contributed by atoms with E-state index in [-0.39, 0.29) is 11.9 Å². The Kier molecular flexibility index (Phi) is 4.79. The zero-order valence-electron chi connectivity index (χ0n) is 15.1. The first-order valence-electron chi connectivity index (χ1n) is 8.56. The van der Waals surface area contributed by atoms with Crippen molar-refractivity contribution in [3.05, 3.63) is 53.2 Å². The SMILES string of the molecule is CCCn1ncnc1[C@H](C)NC(=O)c1cc2cccc(C)c2nc1C. The van der Waals surface area contributed by atoms with Gasteiger partial charge in [0.1, 0.15) is 12.2 Å². The van der Waals surface area contributed by atoms with E-state index < -0.39 is 0 Å². The van der Waals surface area contributed by atoms with Crippen molar-refractivity contribution in [1.29, 1.82) is 0 Å². The number of para-hydroxylation sites is 1. The Morgan fingerprint density at radius 3 is 2.88 bits per heavy atom. The molecule has 25 heavy (non-hydrogen) atoms. The van der Waals surface area contributed by atoms with E-state index in [0.29, 0.717) is 5.56 Å². The lowest BCUT2D eigenvalue weighted by Crippen LogP contribution is -2.29. The molecule has 0 aliphatic carbocycles. The predicted octanol–water partition coefficient (Wildman–Crippen LogP) is 3.34. The lowest BCUT2D eigenvalue weighted by molar-refractivity contribution is 0.0936. The van der Waals surface area contributed by atoms with E-state index in [1.807, 2.05) is 49.7 Å². The average Bonchev–Trinajstić information content (AvgIpc) is 3.04. The Hall–Kier alpha value is -2.76. The largest absolute Gasteiger partial charge is 0.342 e. The van der Waals surface area contributed by atoms with Crippen molar-refractivity contribution < 1.29 is 4.79 Å². The molecule has 1 atom stereocenters. The summed E-state index contributed by atoms with van der Waals surface area (Å²) < 4.78 is 1.83. The molecule has 130 valence electrons. The minimum atomic E-state index is -0.228. The second kappa shape index (κ2) is 7.01. The van der Waals surface area contributed by atoms with Crippen LogP contribution in [0.15, 0.2) is 30.6 Å². The van der Waals surface area contributed by atoms with Gasteiger partial charge in [-0.1, -0.05) is 25.1 Å². The van der Waals surface area contributed by atoms with Crippen LogP contribution < -0.4 is 5.32 Å². The summed E-state index contributed by atoms with van der Waals surface area (Å²) in [7, 11) is 0. The van der Waals surface area contributed by atoms with Gasteiger partial charge in [0.05, 0.1) is 22.8 Å². The number of aromatic nitrogens is 4. The standard InChI is InChI=1S/C19H23N5O/c1-5-9-24-18(20-11-21-24)14(4)23-19(25)16-10-15-8-6-7-12(2)17(15)22-13(16)3/h6-8,10-11,14H,5,9H2,1-4H3,(H,23,25)/t14-/m0/s1. The first-order valence-corrected chi connectivity index (χ1v) is 8.56. The molecule has 0 saturated heterocycles. The number of aryl methyl sites for hydroxylation is 3. The molecular formula is C19H23N5O. The van der Waals surface area contributed by atoms with E-state index in [4.69, 9.17) is 0 Å². The number of hydrogen-bond acceptors (Lipinski definition) is 4. The molecule has 0 unspecified atom stereocenters. The molecule has 0 bridgehead atoms. The molecular weight excluding hydrogens is 314 g/mol. The van der Waals surface area contributed by atoms with Crippen LogP contribution in [0.25, 0.3) is 10.9 Å². The maximum atomic E-state index is 12.8. The Balaban J connectivity index is 1.87. The Labute approximate surface area is 147 Å². The number of rotatable bonds is 5. The van der Waals surface area contributed by atoms with E-state index >= 15 is 0 Å². The Bertz CT molecular complexity index is 915. The third kappa shape index (κ3) is 3.38. The molecule has 0 aliphatic heterocycles. The van der Waals surface area contributed by atoms with Gasteiger partial charge in [-0.3, -0.25) is 9.78 Å². The van der Waals surface area contributed by atoms with Gasteiger partial charge in [-0.15, -0.1) is 0 Å². The molecule has 0 spiro atoms. The smallest absolute Gasteiger partial charge is 0.253 e. The van der Waals surface area contributed by atoms with Crippen molar-refractivity contribution in [2.45, 2.75) is 46.7 Å². The Morgan fingerprint density at radius 2 is 2.12 bits per heavy atom. The Morgan fingerprint density at radius 1 is 1.32 bits per heavy atom. The third-order valence-electron chi connectivity index (χ3n) is 4.30. The molecule has 0 saturated carbocycles. The van der Waals surface area contributed by atoms with E-state index in [0.717, 1.165) is 41.0 Å².